The van der Waals surface area contributed by atoms with Gasteiger partial charge in [-0.3, -0.25) is 4.79 Å². The van der Waals surface area contributed by atoms with Gasteiger partial charge in [0.25, 0.3) is 5.78 Å². The largest absolute Gasteiger partial charge is 0.475 e. The summed E-state index contributed by atoms with van der Waals surface area (Å²) in [6, 6.07) is 9.29. The number of Topliss-reactive ketones (excluding diaryl/α,β-unsaturated/α-hetero) is 1. The van der Waals surface area contributed by atoms with E-state index in [9.17, 15) is 9.59 Å². The highest BCUT2D eigenvalue weighted by Gasteiger charge is 2.24. The third kappa shape index (κ3) is 1.93. The molecule has 18 heavy (non-hydrogen) atoms. The molecule has 4 heteroatoms. The molecule has 0 amide bonds. The van der Waals surface area contributed by atoms with Crippen molar-refractivity contribution in [1.29, 1.82) is 0 Å². The molecule has 4 nitrogen and oxygen atoms in total. The van der Waals surface area contributed by atoms with Crippen molar-refractivity contribution >= 4 is 11.8 Å². The number of aliphatic carboxylic acids is 1. The molecule has 2 rings (SSSR count). The average molecular weight is 243 g/mol. The maximum Gasteiger partial charge on any atom is 0.377 e. The monoisotopic (exact) mass is 243 g/mol. The maximum absolute atomic E-state index is 11.8. The van der Waals surface area contributed by atoms with Crippen LogP contribution in [0.5, 0.6) is 0 Å². The number of hydrogen-bond acceptors (Lipinski definition) is 2. The molecule has 0 fully saturated rings. The molecule has 0 radical (unpaired) electrons. The highest BCUT2D eigenvalue weighted by atomic mass is 16.4. The minimum absolute atomic E-state index is 0.260. The summed E-state index contributed by atoms with van der Waals surface area (Å²) in [6.45, 7) is 1.74. The first-order chi connectivity index (χ1) is 8.52. The SMILES string of the molecule is Cc1c(C(=O)C(=O)O)c(-c2ccccc2)cn1C. The van der Waals surface area contributed by atoms with Crippen LogP contribution in [0.2, 0.25) is 0 Å². The fourth-order valence-electron chi connectivity index (χ4n) is 1.96. The normalized spacial score (nSPS) is 10.3. The zero-order chi connectivity index (χ0) is 13.3. The Balaban J connectivity index is 2.66. The van der Waals surface area contributed by atoms with Crippen LogP contribution in [-0.4, -0.2) is 21.4 Å². The molecule has 0 aliphatic rings. The zero-order valence-electron chi connectivity index (χ0n) is 10.2. The molecule has 0 aliphatic heterocycles. The highest BCUT2D eigenvalue weighted by molar-refractivity contribution is 6.41. The average Bonchev–Trinajstić information content (AvgIpc) is 2.66. The predicted molar refractivity (Wildman–Crippen MR) is 67.6 cm³/mol. The molecule has 0 atom stereocenters. The topological polar surface area (TPSA) is 59.3 Å². The molecule has 0 saturated heterocycles. The third-order valence-corrected chi connectivity index (χ3v) is 2.99. The summed E-state index contributed by atoms with van der Waals surface area (Å²) in [5, 5.41) is 8.88. The summed E-state index contributed by atoms with van der Waals surface area (Å²) < 4.78 is 1.76. The first-order valence-electron chi connectivity index (χ1n) is 5.51. The van der Waals surface area contributed by atoms with Crippen molar-refractivity contribution in [1.82, 2.24) is 4.57 Å². The third-order valence-electron chi connectivity index (χ3n) is 2.99. The van der Waals surface area contributed by atoms with E-state index in [4.69, 9.17) is 5.11 Å². The summed E-state index contributed by atoms with van der Waals surface area (Å²) in [4.78, 5) is 22.6. The molecule has 0 spiro atoms. The summed E-state index contributed by atoms with van der Waals surface area (Å²) in [6.07, 6.45) is 1.78. The quantitative estimate of drug-likeness (QED) is 0.664. The van der Waals surface area contributed by atoms with Crippen LogP contribution in [0.15, 0.2) is 36.5 Å². The molecule has 1 aromatic carbocycles. The van der Waals surface area contributed by atoms with Crippen molar-refractivity contribution in [2.75, 3.05) is 0 Å². The van der Waals surface area contributed by atoms with Gasteiger partial charge >= 0.3 is 5.97 Å². The zero-order valence-corrected chi connectivity index (χ0v) is 10.2. The van der Waals surface area contributed by atoms with Gasteiger partial charge in [0.2, 0.25) is 0 Å². The first-order valence-corrected chi connectivity index (χ1v) is 5.51. The molecule has 0 saturated carbocycles. The van der Waals surface area contributed by atoms with Crippen molar-refractivity contribution in [3.63, 3.8) is 0 Å². The van der Waals surface area contributed by atoms with Gasteiger partial charge in [-0.1, -0.05) is 30.3 Å². The van der Waals surface area contributed by atoms with Crippen LogP contribution >= 0.6 is 0 Å². The van der Waals surface area contributed by atoms with Crippen molar-refractivity contribution in [2.45, 2.75) is 6.92 Å². The summed E-state index contributed by atoms with van der Waals surface area (Å²) in [5.74, 6) is -2.30. The molecule has 0 aliphatic carbocycles. The molecular formula is C14H13NO3. The van der Waals surface area contributed by atoms with E-state index in [2.05, 4.69) is 0 Å². The number of ketones is 1. The van der Waals surface area contributed by atoms with Crippen LogP contribution in [-0.2, 0) is 11.8 Å². The Morgan fingerprint density at radius 3 is 2.33 bits per heavy atom. The molecule has 1 N–H and O–H groups in total. The first kappa shape index (κ1) is 12.1. The Kier molecular flexibility index (Phi) is 3.02. The minimum Gasteiger partial charge on any atom is -0.475 e. The lowest BCUT2D eigenvalue weighted by Gasteiger charge is -2.02. The highest BCUT2D eigenvalue weighted by Crippen LogP contribution is 2.27. The van der Waals surface area contributed by atoms with Gasteiger partial charge in [0.1, 0.15) is 0 Å². The van der Waals surface area contributed by atoms with Gasteiger partial charge in [-0.25, -0.2) is 4.79 Å². The second kappa shape index (κ2) is 4.49. The fraction of sp³-hybridized carbons (Fsp3) is 0.143. The summed E-state index contributed by atoms with van der Waals surface area (Å²) in [5.41, 5.74) is 2.41. The Morgan fingerprint density at radius 2 is 1.78 bits per heavy atom. The number of rotatable bonds is 3. The van der Waals surface area contributed by atoms with E-state index >= 15 is 0 Å². The van der Waals surface area contributed by atoms with E-state index in [0.717, 1.165) is 5.56 Å². The maximum atomic E-state index is 11.8. The fourth-order valence-corrected chi connectivity index (χ4v) is 1.96. The van der Waals surface area contributed by atoms with Gasteiger partial charge in [0.15, 0.2) is 0 Å². The smallest absolute Gasteiger partial charge is 0.377 e. The molecule has 0 bridgehead atoms. The molecular weight excluding hydrogens is 230 g/mol. The lowest BCUT2D eigenvalue weighted by molar-refractivity contribution is -0.131. The van der Waals surface area contributed by atoms with Crippen LogP contribution in [0, 0.1) is 6.92 Å². The van der Waals surface area contributed by atoms with Gasteiger partial charge in [0, 0.05) is 24.5 Å². The predicted octanol–water partition coefficient (Wildman–Crippen LogP) is 2.27. The van der Waals surface area contributed by atoms with E-state index < -0.39 is 11.8 Å². The molecule has 1 heterocycles. The van der Waals surface area contributed by atoms with Crippen LogP contribution in [0.4, 0.5) is 0 Å². The Hall–Kier alpha value is -2.36. The van der Waals surface area contributed by atoms with Crippen molar-refractivity contribution in [3.8, 4) is 11.1 Å². The Bertz CT molecular complexity index is 611. The number of aromatic nitrogens is 1. The van der Waals surface area contributed by atoms with E-state index in [-0.39, 0.29) is 5.56 Å². The Labute approximate surface area is 104 Å². The van der Waals surface area contributed by atoms with E-state index in [1.54, 1.807) is 24.7 Å². The van der Waals surface area contributed by atoms with Crippen LogP contribution < -0.4 is 0 Å². The number of carboxylic acids is 1. The number of aryl methyl sites for hydroxylation is 1. The number of hydrogen-bond donors (Lipinski definition) is 1. The number of carboxylic acid groups (broad SMARTS) is 1. The van der Waals surface area contributed by atoms with Crippen molar-refractivity contribution in [2.24, 2.45) is 7.05 Å². The van der Waals surface area contributed by atoms with Gasteiger partial charge in [-0.2, -0.15) is 0 Å². The second-order valence-corrected chi connectivity index (χ2v) is 4.11. The molecule has 2 aromatic rings. The Morgan fingerprint density at radius 1 is 1.17 bits per heavy atom. The van der Waals surface area contributed by atoms with Gasteiger partial charge in [0.05, 0.1) is 5.56 Å². The lowest BCUT2D eigenvalue weighted by Crippen LogP contribution is -2.14. The van der Waals surface area contributed by atoms with Gasteiger partial charge < -0.3 is 9.67 Å². The van der Waals surface area contributed by atoms with Crippen LogP contribution in [0.1, 0.15) is 16.1 Å². The number of carbonyl (C=O) groups is 2. The van der Waals surface area contributed by atoms with Crippen LogP contribution in [0.3, 0.4) is 0 Å². The molecule has 92 valence electrons. The van der Waals surface area contributed by atoms with E-state index in [0.29, 0.717) is 11.3 Å². The van der Waals surface area contributed by atoms with Gasteiger partial charge in [-0.15, -0.1) is 0 Å². The number of carbonyl (C=O) groups excluding carboxylic acids is 1. The van der Waals surface area contributed by atoms with Crippen molar-refractivity contribution < 1.29 is 14.7 Å². The number of benzene rings is 1. The van der Waals surface area contributed by atoms with Gasteiger partial charge in [-0.05, 0) is 12.5 Å². The van der Waals surface area contributed by atoms with Crippen molar-refractivity contribution in [3.05, 3.63) is 47.8 Å². The summed E-state index contributed by atoms with van der Waals surface area (Å²) in [7, 11) is 1.79. The number of nitrogens with zero attached hydrogens (tertiary/aromatic N) is 1. The minimum atomic E-state index is -1.43. The van der Waals surface area contributed by atoms with Crippen LogP contribution in [0.25, 0.3) is 11.1 Å². The molecule has 0 unspecified atom stereocenters. The molecule has 1 aromatic heterocycles. The second-order valence-electron chi connectivity index (χ2n) is 4.11. The standard InChI is InChI=1S/C14H13NO3/c1-9-12(13(16)14(17)18)11(8-15(9)2)10-6-4-3-5-7-10/h3-8H,1-2H3,(H,17,18). The lowest BCUT2D eigenvalue weighted by atomic mass is 10.00. The summed E-state index contributed by atoms with van der Waals surface area (Å²) >= 11 is 0. The van der Waals surface area contributed by atoms with E-state index in [1.165, 1.54) is 0 Å². The van der Waals surface area contributed by atoms with E-state index in [1.807, 2.05) is 30.3 Å².